The number of nitrogens with one attached hydrogen (secondary N) is 4. The van der Waals surface area contributed by atoms with Gasteiger partial charge in [0.25, 0.3) is 0 Å². The van der Waals surface area contributed by atoms with Crippen molar-refractivity contribution in [3.8, 4) is 0 Å². The number of carbonyl (C=O) groups is 5. The molecule has 0 spiro atoms. The van der Waals surface area contributed by atoms with Crippen molar-refractivity contribution in [2.45, 2.75) is 56.3 Å². The van der Waals surface area contributed by atoms with Gasteiger partial charge in [-0.2, -0.15) is 0 Å². The van der Waals surface area contributed by atoms with Gasteiger partial charge in [0.15, 0.2) is 0 Å². The van der Waals surface area contributed by atoms with Crippen molar-refractivity contribution in [3.05, 3.63) is 18.2 Å². The number of aliphatic carboxylic acids is 2. The lowest BCUT2D eigenvalue weighted by Crippen LogP contribution is -2.58. The minimum absolute atomic E-state index is 0.103. The molecule has 0 saturated carbocycles. The van der Waals surface area contributed by atoms with E-state index in [1.165, 1.54) is 12.5 Å². The number of carbonyl (C=O) groups excluding carboxylic acids is 3. The lowest BCUT2D eigenvalue weighted by atomic mass is 10.1. The monoisotopic (exact) mass is 485 g/mol. The molecule has 0 fully saturated rings. The van der Waals surface area contributed by atoms with Gasteiger partial charge in [-0.25, -0.2) is 9.78 Å². The highest BCUT2D eigenvalue weighted by atomic mass is 16.4. The first-order valence-electron chi connectivity index (χ1n) is 10.5. The number of H-pyrrole nitrogens is 1. The summed E-state index contributed by atoms with van der Waals surface area (Å²) in [4.78, 5) is 66.2. The van der Waals surface area contributed by atoms with E-state index in [-0.39, 0.29) is 12.8 Å². The van der Waals surface area contributed by atoms with Gasteiger partial charge >= 0.3 is 11.9 Å². The van der Waals surface area contributed by atoms with Gasteiger partial charge in [0, 0.05) is 18.3 Å². The van der Waals surface area contributed by atoms with Crippen LogP contribution >= 0.6 is 0 Å². The van der Waals surface area contributed by atoms with E-state index < -0.39 is 66.9 Å². The van der Waals surface area contributed by atoms with Gasteiger partial charge in [0.1, 0.15) is 18.1 Å². The fraction of sp³-hybridized carbons (Fsp3) is 0.579. The number of hydrogen-bond donors (Lipinski definition) is 9. The lowest BCUT2D eigenvalue weighted by Gasteiger charge is -2.24. The normalized spacial score (nSPS) is 14.3. The maximum Gasteiger partial charge on any atom is 0.326 e. The second-order valence-electron chi connectivity index (χ2n) is 7.47. The van der Waals surface area contributed by atoms with Gasteiger partial charge in [0.2, 0.25) is 17.7 Å². The molecule has 1 rings (SSSR count). The largest absolute Gasteiger partial charge is 0.481 e. The molecule has 1 heterocycles. The Morgan fingerprint density at radius 3 is 2.12 bits per heavy atom. The summed E-state index contributed by atoms with van der Waals surface area (Å²) >= 11 is 0. The first kappa shape index (κ1) is 28.5. The number of carboxylic acids is 2. The molecule has 4 atom stereocenters. The second-order valence-corrected chi connectivity index (χ2v) is 7.47. The van der Waals surface area contributed by atoms with Gasteiger partial charge in [-0.15, -0.1) is 0 Å². The minimum Gasteiger partial charge on any atom is -0.481 e. The third kappa shape index (κ3) is 9.93. The van der Waals surface area contributed by atoms with Crippen LogP contribution in [-0.2, 0) is 30.4 Å². The molecule has 0 aliphatic heterocycles. The first-order chi connectivity index (χ1) is 16.1. The van der Waals surface area contributed by atoms with Gasteiger partial charge in [-0.05, 0) is 25.8 Å². The Kier molecular flexibility index (Phi) is 12.2. The zero-order valence-electron chi connectivity index (χ0n) is 18.4. The second kappa shape index (κ2) is 14.6. The van der Waals surface area contributed by atoms with Crippen LogP contribution in [0.4, 0.5) is 0 Å². The van der Waals surface area contributed by atoms with E-state index in [1.54, 1.807) is 0 Å². The van der Waals surface area contributed by atoms with Crippen molar-refractivity contribution >= 4 is 29.7 Å². The zero-order chi connectivity index (χ0) is 25.7. The van der Waals surface area contributed by atoms with Gasteiger partial charge in [-0.3, -0.25) is 19.2 Å². The highest BCUT2D eigenvalue weighted by Crippen LogP contribution is 2.04. The third-order valence-electron chi connectivity index (χ3n) is 4.72. The Labute approximate surface area is 194 Å². The summed E-state index contributed by atoms with van der Waals surface area (Å²) in [6.45, 7) is -0.522. The Bertz CT molecular complexity index is 833. The molecule has 190 valence electrons. The Balaban J connectivity index is 2.84. The van der Waals surface area contributed by atoms with E-state index in [0.29, 0.717) is 25.1 Å². The van der Waals surface area contributed by atoms with Crippen LogP contribution in [0.1, 0.15) is 31.4 Å². The van der Waals surface area contributed by atoms with Gasteiger partial charge in [0.05, 0.1) is 25.4 Å². The maximum absolute atomic E-state index is 12.7. The van der Waals surface area contributed by atoms with E-state index in [2.05, 4.69) is 25.9 Å². The Hall–Kier alpha value is -3.56. The zero-order valence-corrected chi connectivity index (χ0v) is 18.4. The quantitative estimate of drug-likeness (QED) is 0.103. The molecule has 0 radical (unpaired) electrons. The number of amides is 3. The molecule has 0 saturated heterocycles. The van der Waals surface area contributed by atoms with Crippen molar-refractivity contribution in [2.24, 2.45) is 11.5 Å². The van der Waals surface area contributed by atoms with Crippen molar-refractivity contribution in [2.75, 3.05) is 13.2 Å². The number of hydrogen-bond acceptors (Lipinski definition) is 9. The summed E-state index contributed by atoms with van der Waals surface area (Å²) < 4.78 is 0. The number of unbranched alkanes of at least 4 members (excludes halogenated alkanes) is 1. The molecule has 11 N–H and O–H groups in total. The number of carboxylic acid groups (broad SMARTS) is 2. The van der Waals surface area contributed by atoms with Crippen LogP contribution in [0.15, 0.2) is 12.5 Å². The van der Waals surface area contributed by atoms with Crippen LogP contribution in [-0.4, -0.2) is 92.3 Å². The topological polar surface area (TPSA) is 263 Å². The van der Waals surface area contributed by atoms with E-state index in [4.69, 9.17) is 16.6 Å². The van der Waals surface area contributed by atoms with Crippen molar-refractivity contribution in [3.63, 3.8) is 0 Å². The molecule has 0 aromatic carbocycles. The molecule has 3 amide bonds. The molecule has 34 heavy (non-hydrogen) atoms. The number of aromatic nitrogens is 2. The predicted octanol–water partition coefficient (Wildman–Crippen LogP) is -3.59. The highest BCUT2D eigenvalue weighted by molar-refractivity contribution is 5.94. The molecule has 0 bridgehead atoms. The van der Waals surface area contributed by atoms with Crippen LogP contribution in [0.25, 0.3) is 0 Å². The van der Waals surface area contributed by atoms with Crippen LogP contribution in [0.2, 0.25) is 0 Å². The molecule has 15 heteroatoms. The van der Waals surface area contributed by atoms with E-state index in [1.807, 2.05) is 0 Å². The third-order valence-corrected chi connectivity index (χ3v) is 4.72. The first-order valence-corrected chi connectivity index (χ1v) is 10.5. The van der Waals surface area contributed by atoms with Crippen LogP contribution < -0.4 is 27.4 Å². The summed E-state index contributed by atoms with van der Waals surface area (Å²) in [5.74, 6) is -5.33. The van der Waals surface area contributed by atoms with Crippen molar-refractivity contribution in [1.29, 1.82) is 0 Å². The number of nitrogens with two attached hydrogens (primary N) is 2. The number of aromatic amines is 1. The average molecular weight is 485 g/mol. The molecular weight excluding hydrogens is 454 g/mol. The number of rotatable bonds is 16. The summed E-state index contributed by atoms with van der Waals surface area (Å²) in [5.41, 5.74) is 11.4. The van der Waals surface area contributed by atoms with Crippen LogP contribution in [0.5, 0.6) is 0 Å². The minimum atomic E-state index is -1.52. The van der Waals surface area contributed by atoms with Gasteiger partial charge < -0.3 is 47.7 Å². The molecule has 4 unspecified atom stereocenters. The number of aliphatic hydroxyl groups is 1. The van der Waals surface area contributed by atoms with E-state index >= 15 is 0 Å². The van der Waals surface area contributed by atoms with Crippen LogP contribution in [0, 0.1) is 0 Å². The summed E-state index contributed by atoms with van der Waals surface area (Å²) in [5, 5.41) is 34.6. The molecule has 15 nitrogen and oxygen atoms in total. The predicted molar refractivity (Wildman–Crippen MR) is 116 cm³/mol. The molecule has 1 aromatic rings. The van der Waals surface area contributed by atoms with Crippen molar-refractivity contribution in [1.82, 2.24) is 25.9 Å². The SMILES string of the molecule is NCCCCC(NC(=O)C(N)CC(=O)O)C(=O)NC(CO)C(=O)NC(Cc1cnc[nH]1)C(=O)O. The molecule has 0 aliphatic carbocycles. The number of nitrogens with zero attached hydrogens (tertiary/aromatic N) is 1. The number of aliphatic hydroxyl groups excluding tert-OH is 1. The number of imidazole rings is 1. The Morgan fingerprint density at radius 1 is 0.971 bits per heavy atom. The molecule has 1 aromatic heterocycles. The van der Waals surface area contributed by atoms with Crippen molar-refractivity contribution < 1.29 is 39.3 Å². The summed E-state index contributed by atoms with van der Waals surface area (Å²) in [6.07, 6.45) is 3.00. The Morgan fingerprint density at radius 2 is 1.59 bits per heavy atom. The highest BCUT2D eigenvalue weighted by Gasteiger charge is 2.30. The van der Waals surface area contributed by atoms with E-state index in [0.717, 1.165) is 0 Å². The summed E-state index contributed by atoms with van der Waals surface area (Å²) in [6, 6.07) is -5.48. The molecular formula is C19H31N7O8. The van der Waals surface area contributed by atoms with Crippen LogP contribution in [0.3, 0.4) is 0 Å². The summed E-state index contributed by atoms with van der Waals surface area (Å²) in [7, 11) is 0. The lowest BCUT2D eigenvalue weighted by molar-refractivity contribution is -0.142. The smallest absolute Gasteiger partial charge is 0.326 e. The maximum atomic E-state index is 12.7. The fourth-order valence-electron chi connectivity index (χ4n) is 2.88. The van der Waals surface area contributed by atoms with E-state index in [9.17, 15) is 34.2 Å². The average Bonchev–Trinajstić information content (AvgIpc) is 3.28. The standard InChI is InChI=1S/C19H31N7O8/c20-4-2-1-3-12(24-16(30)11(21)6-15(28)29)17(31)26-14(8-27)18(32)25-13(19(33)34)5-10-7-22-9-23-10/h7,9,11-14,27H,1-6,8,20-21H2,(H,22,23)(H,24,30)(H,25,32)(H,26,31)(H,28,29)(H,33,34). The fourth-order valence-corrected chi connectivity index (χ4v) is 2.88. The molecule has 0 aliphatic rings. The van der Waals surface area contributed by atoms with Gasteiger partial charge in [-0.1, -0.05) is 0 Å².